The Labute approximate surface area is 139 Å². The largest absolute Gasteiger partial charge is 0.376 e. The average Bonchev–Trinajstić information content (AvgIpc) is 2.53. The minimum absolute atomic E-state index is 0.0276. The van der Waals surface area contributed by atoms with Gasteiger partial charge in [0, 0.05) is 12.5 Å². The van der Waals surface area contributed by atoms with Crippen molar-refractivity contribution in [2.75, 3.05) is 32.8 Å². The van der Waals surface area contributed by atoms with E-state index in [0.29, 0.717) is 31.7 Å². The smallest absolute Gasteiger partial charge is 0.234 e. The minimum Gasteiger partial charge on any atom is -0.376 e. The van der Waals surface area contributed by atoms with Gasteiger partial charge in [-0.3, -0.25) is 14.5 Å². The van der Waals surface area contributed by atoms with Gasteiger partial charge in [0.25, 0.3) is 0 Å². The summed E-state index contributed by atoms with van der Waals surface area (Å²) >= 11 is 0. The van der Waals surface area contributed by atoms with Crippen molar-refractivity contribution in [2.45, 2.75) is 51.6 Å². The van der Waals surface area contributed by atoms with Gasteiger partial charge < -0.3 is 15.8 Å². The number of ether oxygens (including phenoxy) is 1. The number of rotatable bonds is 7. The van der Waals surface area contributed by atoms with Crippen LogP contribution in [-0.2, 0) is 14.3 Å². The van der Waals surface area contributed by atoms with E-state index in [1.807, 2.05) is 0 Å². The van der Waals surface area contributed by atoms with Crippen LogP contribution >= 0.6 is 0 Å². The number of nitrogens with one attached hydrogen (secondary N) is 1. The van der Waals surface area contributed by atoms with Gasteiger partial charge in [0.1, 0.15) is 0 Å². The second-order valence-corrected chi connectivity index (χ2v) is 6.97. The summed E-state index contributed by atoms with van der Waals surface area (Å²) in [5, 5.41) is 2.92. The molecule has 0 unspecified atom stereocenters. The third-order valence-electron chi connectivity index (χ3n) is 5.15. The number of carbonyl (C=O) groups excluding carboxylic acids is 2. The Balaban J connectivity index is 1.54. The molecule has 1 aliphatic heterocycles. The Bertz CT molecular complexity index is 395. The molecule has 0 aromatic rings. The fraction of sp³-hybridized carbons (Fsp3) is 0.882. The summed E-state index contributed by atoms with van der Waals surface area (Å²) in [5.41, 5.74) is 5.32. The number of piperidine rings is 1. The van der Waals surface area contributed by atoms with Crippen LogP contribution in [0.15, 0.2) is 0 Å². The van der Waals surface area contributed by atoms with Crippen LogP contribution in [-0.4, -0.2) is 55.6 Å². The van der Waals surface area contributed by atoms with Gasteiger partial charge in [0.15, 0.2) is 0 Å². The molecular weight excluding hydrogens is 294 g/mol. The molecule has 0 aromatic heterocycles. The summed E-state index contributed by atoms with van der Waals surface area (Å²) in [4.78, 5) is 25.1. The highest BCUT2D eigenvalue weighted by atomic mass is 16.5. The van der Waals surface area contributed by atoms with Crippen LogP contribution in [0.2, 0.25) is 0 Å². The molecule has 2 rings (SSSR count). The standard InChI is InChI=1S/C17H31N3O3/c1-13-4-2-3-5-15(13)23-11-8-19-16(21)12-20-9-6-14(7-10-20)17(18)22/h13-15H,2-12H2,1H3,(H2,18,22)(H,19,21)/t13-,15-/m1/s1. The summed E-state index contributed by atoms with van der Waals surface area (Å²) in [5.74, 6) is 0.414. The zero-order valence-electron chi connectivity index (χ0n) is 14.3. The van der Waals surface area contributed by atoms with Crippen LogP contribution in [0.25, 0.3) is 0 Å². The summed E-state index contributed by atoms with van der Waals surface area (Å²) in [6.07, 6.45) is 6.82. The second kappa shape index (κ2) is 9.23. The van der Waals surface area contributed by atoms with E-state index in [2.05, 4.69) is 17.1 Å². The molecule has 2 fully saturated rings. The highest BCUT2D eigenvalue weighted by molar-refractivity contribution is 5.78. The van der Waals surface area contributed by atoms with E-state index in [1.54, 1.807) is 0 Å². The van der Waals surface area contributed by atoms with E-state index in [4.69, 9.17) is 10.5 Å². The minimum atomic E-state index is -0.219. The fourth-order valence-corrected chi connectivity index (χ4v) is 3.57. The molecule has 0 aromatic carbocycles. The van der Waals surface area contributed by atoms with Crippen molar-refractivity contribution >= 4 is 11.8 Å². The van der Waals surface area contributed by atoms with E-state index in [-0.39, 0.29) is 17.7 Å². The topological polar surface area (TPSA) is 84.7 Å². The number of hydrogen-bond donors (Lipinski definition) is 2. The van der Waals surface area contributed by atoms with Gasteiger partial charge in [0.05, 0.1) is 19.3 Å². The molecule has 3 N–H and O–H groups in total. The lowest BCUT2D eigenvalue weighted by Gasteiger charge is -2.30. The van der Waals surface area contributed by atoms with E-state index in [0.717, 1.165) is 32.4 Å². The highest BCUT2D eigenvalue weighted by Gasteiger charge is 2.24. The molecule has 132 valence electrons. The predicted octanol–water partition coefficient (Wildman–Crippen LogP) is 0.895. The highest BCUT2D eigenvalue weighted by Crippen LogP contribution is 2.25. The van der Waals surface area contributed by atoms with Gasteiger partial charge in [-0.05, 0) is 44.7 Å². The average molecular weight is 325 g/mol. The molecule has 2 atom stereocenters. The van der Waals surface area contributed by atoms with Gasteiger partial charge in [0.2, 0.25) is 11.8 Å². The lowest BCUT2D eigenvalue weighted by Crippen LogP contribution is -2.44. The maximum Gasteiger partial charge on any atom is 0.234 e. The normalized spacial score (nSPS) is 26.8. The van der Waals surface area contributed by atoms with Crippen LogP contribution in [0.5, 0.6) is 0 Å². The van der Waals surface area contributed by atoms with Crippen LogP contribution < -0.4 is 11.1 Å². The zero-order valence-corrected chi connectivity index (χ0v) is 14.3. The Morgan fingerprint density at radius 3 is 2.52 bits per heavy atom. The molecule has 1 aliphatic carbocycles. The number of carbonyl (C=O) groups is 2. The molecule has 2 aliphatic rings. The van der Waals surface area contributed by atoms with Crippen molar-refractivity contribution in [3.05, 3.63) is 0 Å². The molecule has 0 spiro atoms. The lowest BCUT2D eigenvalue weighted by molar-refractivity contribution is -0.124. The third kappa shape index (κ3) is 6.11. The molecule has 0 radical (unpaired) electrons. The first kappa shape index (κ1) is 18.2. The zero-order chi connectivity index (χ0) is 16.7. The first-order valence-corrected chi connectivity index (χ1v) is 8.96. The summed E-state index contributed by atoms with van der Waals surface area (Å²) in [6.45, 7) is 5.32. The SMILES string of the molecule is C[C@@H]1CCCC[C@H]1OCCNC(=O)CN1CCC(C(N)=O)CC1. The first-order chi connectivity index (χ1) is 11.1. The van der Waals surface area contributed by atoms with E-state index in [1.165, 1.54) is 19.3 Å². The van der Waals surface area contributed by atoms with Crippen LogP contribution in [0.4, 0.5) is 0 Å². The number of amides is 2. The second-order valence-electron chi connectivity index (χ2n) is 6.97. The van der Waals surface area contributed by atoms with Crippen molar-refractivity contribution < 1.29 is 14.3 Å². The monoisotopic (exact) mass is 325 g/mol. The molecule has 6 nitrogen and oxygen atoms in total. The molecule has 23 heavy (non-hydrogen) atoms. The van der Waals surface area contributed by atoms with Gasteiger partial charge >= 0.3 is 0 Å². The van der Waals surface area contributed by atoms with Crippen molar-refractivity contribution in [3.63, 3.8) is 0 Å². The first-order valence-electron chi connectivity index (χ1n) is 8.96. The molecule has 1 heterocycles. The van der Waals surface area contributed by atoms with Crippen molar-refractivity contribution in [3.8, 4) is 0 Å². The van der Waals surface area contributed by atoms with E-state index < -0.39 is 0 Å². The number of nitrogens with two attached hydrogens (primary N) is 1. The van der Waals surface area contributed by atoms with Gasteiger partial charge in [-0.2, -0.15) is 0 Å². The maximum atomic E-state index is 11.9. The number of primary amides is 1. The number of hydrogen-bond acceptors (Lipinski definition) is 4. The van der Waals surface area contributed by atoms with Gasteiger partial charge in [-0.25, -0.2) is 0 Å². The molecular formula is C17H31N3O3. The van der Waals surface area contributed by atoms with Crippen LogP contribution in [0.3, 0.4) is 0 Å². The van der Waals surface area contributed by atoms with Crippen molar-refractivity contribution in [1.29, 1.82) is 0 Å². The summed E-state index contributed by atoms with van der Waals surface area (Å²) in [7, 11) is 0. The van der Waals surface area contributed by atoms with Crippen molar-refractivity contribution in [1.82, 2.24) is 10.2 Å². The molecule has 0 bridgehead atoms. The van der Waals surface area contributed by atoms with Gasteiger partial charge in [-0.15, -0.1) is 0 Å². The lowest BCUT2D eigenvalue weighted by atomic mass is 9.88. The third-order valence-corrected chi connectivity index (χ3v) is 5.15. The summed E-state index contributed by atoms with van der Waals surface area (Å²) in [6, 6.07) is 0. The van der Waals surface area contributed by atoms with E-state index in [9.17, 15) is 9.59 Å². The van der Waals surface area contributed by atoms with E-state index >= 15 is 0 Å². The molecule has 1 saturated heterocycles. The van der Waals surface area contributed by atoms with Gasteiger partial charge in [-0.1, -0.05) is 19.8 Å². The number of likely N-dealkylation sites (tertiary alicyclic amines) is 1. The Hall–Kier alpha value is -1.14. The quantitative estimate of drug-likeness (QED) is 0.681. The number of nitrogens with zero attached hydrogens (tertiary/aromatic N) is 1. The fourth-order valence-electron chi connectivity index (χ4n) is 3.57. The molecule has 1 saturated carbocycles. The van der Waals surface area contributed by atoms with Crippen molar-refractivity contribution in [2.24, 2.45) is 17.6 Å². The van der Waals surface area contributed by atoms with Crippen LogP contribution in [0, 0.1) is 11.8 Å². The Kier molecular flexibility index (Phi) is 7.30. The summed E-state index contributed by atoms with van der Waals surface area (Å²) < 4.78 is 5.90. The molecule has 6 heteroatoms. The Morgan fingerprint density at radius 1 is 1.17 bits per heavy atom. The van der Waals surface area contributed by atoms with Crippen LogP contribution in [0.1, 0.15) is 45.4 Å². The maximum absolute atomic E-state index is 11.9. The Morgan fingerprint density at radius 2 is 1.87 bits per heavy atom. The predicted molar refractivity (Wildman–Crippen MR) is 88.7 cm³/mol. The molecule has 2 amide bonds.